The molecule has 0 saturated carbocycles. The highest BCUT2D eigenvalue weighted by atomic mass is 15.5. The molecule has 1 aliphatic rings. The molecule has 2 aromatic rings. The van der Waals surface area contributed by atoms with Crippen LogP contribution in [0.5, 0.6) is 0 Å². The van der Waals surface area contributed by atoms with E-state index in [1.807, 2.05) is 26.2 Å². The minimum atomic E-state index is 0.484. The second-order valence-corrected chi connectivity index (χ2v) is 5.56. The molecule has 2 aromatic heterocycles. The number of rotatable bonds is 4. The van der Waals surface area contributed by atoms with Crippen LogP contribution in [0.3, 0.4) is 0 Å². The molecule has 0 aliphatic carbocycles. The standard InChI is InChI=1S/C14H21N7/c1-11-7-14(16-10-15-11)18-12-3-5-21(6-4-12)9-13-8-17-20(2)19-13/h7-8,10,12H,3-6,9H2,1-2H3,(H,15,16,18). The number of hydrogen-bond acceptors (Lipinski definition) is 6. The fourth-order valence-electron chi connectivity index (χ4n) is 2.67. The molecule has 0 aromatic carbocycles. The van der Waals surface area contributed by atoms with Gasteiger partial charge in [0.2, 0.25) is 0 Å². The largest absolute Gasteiger partial charge is 0.367 e. The Morgan fingerprint density at radius 3 is 2.76 bits per heavy atom. The molecule has 21 heavy (non-hydrogen) atoms. The maximum absolute atomic E-state index is 4.33. The van der Waals surface area contributed by atoms with Crippen LogP contribution in [-0.2, 0) is 13.6 Å². The van der Waals surface area contributed by atoms with Crippen LogP contribution in [0.1, 0.15) is 24.2 Å². The van der Waals surface area contributed by atoms with Crippen LogP contribution in [0.25, 0.3) is 0 Å². The van der Waals surface area contributed by atoms with Crippen molar-refractivity contribution in [1.29, 1.82) is 0 Å². The zero-order chi connectivity index (χ0) is 14.7. The first-order valence-electron chi connectivity index (χ1n) is 7.32. The maximum atomic E-state index is 4.33. The third kappa shape index (κ3) is 3.75. The van der Waals surface area contributed by atoms with Gasteiger partial charge in [-0.3, -0.25) is 4.90 Å². The normalized spacial score (nSPS) is 17.0. The van der Waals surface area contributed by atoms with E-state index in [0.29, 0.717) is 6.04 Å². The van der Waals surface area contributed by atoms with Gasteiger partial charge in [-0.1, -0.05) is 0 Å². The Hall–Kier alpha value is -2.02. The summed E-state index contributed by atoms with van der Waals surface area (Å²) in [6.07, 6.45) is 5.68. The van der Waals surface area contributed by atoms with Gasteiger partial charge in [0.05, 0.1) is 11.9 Å². The number of likely N-dealkylation sites (tertiary alicyclic amines) is 1. The van der Waals surface area contributed by atoms with Crippen molar-refractivity contribution in [3.05, 3.63) is 30.0 Å². The van der Waals surface area contributed by atoms with Gasteiger partial charge >= 0.3 is 0 Å². The van der Waals surface area contributed by atoms with Gasteiger partial charge in [0.1, 0.15) is 12.1 Å². The highest BCUT2D eigenvalue weighted by Crippen LogP contribution is 2.16. The third-order valence-corrected chi connectivity index (χ3v) is 3.78. The van der Waals surface area contributed by atoms with E-state index in [1.54, 1.807) is 11.1 Å². The lowest BCUT2D eigenvalue weighted by Gasteiger charge is -2.32. The first kappa shape index (κ1) is 13.9. The molecule has 1 aliphatic heterocycles. The minimum absolute atomic E-state index is 0.484. The fraction of sp³-hybridized carbons (Fsp3) is 0.571. The molecule has 1 saturated heterocycles. The second kappa shape index (κ2) is 6.17. The van der Waals surface area contributed by atoms with Crippen molar-refractivity contribution >= 4 is 5.82 Å². The molecule has 3 rings (SSSR count). The smallest absolute Gasteiger partial charge is 0.129 e. The van der Waals surface area contributed by atoms with Crippen molar-refractivity contribution in [1.82, 2.24) is 29.9 Å². The summed E-state index contributed by atoms with van der Waals surface area (Å²) in [7, 11) is 1.85. The Morgan fingerprint density at radius 1 is 1.29 bits per heavy atom. The van der Waals surface area contributed by atoms with Gasteiger partial charge in [0, 0.05) is 44.5 Å². The van der Waals surface area contributed by atoms with Gasteiger partial charge in [-0.25, -0.2) is 9.97 Å². The average molecular weight is 287 g/mol. The highest BCUT2D eigenvalue weighted by Gasteiger charge is 2.20. The molecule has 112 valence electrons. The zero-order valence-electron chi connectivity index (χ0n) is 12.5. The highest BCUT2D eigenvalue weighted by molar-refractivity contribution is 5.35. The Morgan fingerprint density at radius 2 is 2.10 bits per heavy atom. The SMILES string of the molecule is Cc1cc(NC2CCN(Cc3cnn(C)n3)CC2)ncn1. The molecular formula is C14H21N7. The molecule has 0 unspecified atom stereocenters. The monoisotopic (exact) mass is 287 g/mol. The maximum Gasteiger partial charge on any atom is 0.129 e. The minimum Gasteiger partial charge on any atom is -0.367 e. The number of aromatic nitrogens is 5. The molecule has 7 nitrogen and oxygen atoms in total. The van der Waals surface area contributed by atoms with Gasteiger partial charge in [-0.15, -0.1) is 0 Å². The zero-order valence-corrected chi connectivity index (χ0v) is 12.5. The van der Waals surface area contributed by atoms with E-state index in [-0.39, 0.29) is 0 Å². The van der Waals surface area contributed by atoms with Crippen LogP contribution in [-0.4, -0.2) is 49.0 Å². The van der Waals surface area contributed by atoms with Crippen molar-refractivity contribution in [2.24, 2.45) is 7.05 Å². The molecule has 0 bridgehead atoms. The van der Waals surface area contributed by atoms with E-state index in [4.69, 9.17) is 0 Å². The van der Waals surface area contributed by atoms with Crippen molar-refractivity contribution in [3.63, 3.8) is 0 Å². The van der Waals surface area contributed by atoms with Crippen LogP contribution in [0, 0.1) is 6.92 Å². The summed E-state index contributed by atoms with van der Waals surface area (Å²) in [4.78, 5) is 12.4. The third-order valence-electron chi connectivity index (χ3n) is 3.78. The predicted molar refractivity (Wildman–Crippen MR) is 79.7 cm³/mol. The molecule has 1 N–H and O–H groups in total. The number of nitrogens with one attached hydrogen (secondary N) is 1. The summed E-state index contributed by atoms with van der Waals surface area (Å²) in [5.41, 5.74) is 2.03. The van der Waals surface area contributed by atoms with Gasteiger partial charge in [-0.05, 0) is 19.8 Å². The van der Waals surface area contributed by atoms with Crippen LogP contribution < -0.4 is 5.32 Å². The first-order valence-corrected chi connectivity index (χ1v) is 7.32. The fourth-order valence-corrected chi connectivity index (χ4v) is 2.67. The molecular weight excluding hydrogens is 266 g/mol. The Labute approximate surface area is 124 Å². The topological polar surface area (TPSA) is 71.8 Å². The summed E-state index contributed by atoms with van der Waals surface area (Å²) in [5, 5.41) is 11.9. The van der Waals surface area contributed by atoms with Gasteiger partial charge < -0.3 is 5.32 Å². The number of nitrogens with zero attached hydrogens (tertiary/aromatic N) is 6. The van der Waals surface area contributed by atoms with Crippen molar-refractivity contribution in [2.45, 2.75) is 32.4 Å². The lowest BCUT2D eigenvalue weighted by molar-refractivity contribution is 0.208. The van der Waals surface area contributed by atoms with Crippen LogP contribution in [0.2, 0.25) is 0 Å². The molecule has 7 heteroatoms. The van der Waals surface area contributed by atoms with Gasteiger partial charge in [-0.2, -0.15) is 15.0 Å². The van der Waals surface area contributed by atoms with Crippen LogP contribution in [0.15, 0.2) is 18.6 Å². The van der Waals surface area contributed by atoms with E-state index < -0.39 is 0 Å². The van der Waals surface area contributed by atoms with Gasteiger partial charge in [0.25, 0.3) is 0 Å². The van der Waals surface area contributed by atoms with Gasteiger partial charge in [0.15, 0.2) is 0 Å². The summed E-state index contributed by atoms with van der Waals surface area (Å²) < 4.78 is 0. The Balaban J connectivity index is 1.48. The van der Waals surface area contributed by atoms with Crippen molar-refractivity contribution in [3.8, 4) is 0 Å². The molecule has 0 spiro atoms. The molecule has 1 fully saturated rings. The van der Waals surface area contributed by atoms with E-state index in [9.17, 15) is 0 Å². The summed E-state index contributed by atoms with van der Waals surface area (Å²) in [6, 6.07) is 2.48. The lowest BCUT2D eigenvalue weighted by Crippen LogP contribution is -2.38. The first-order chi connectivity index (χ1) is 10.2. The van der Waals surface area contributed by atoms with E-state index in [1.165, 1.54) is 0 Å². The molecule has 0 amide bonds. The lowest BCUT2D eigenvalue weighted by atomic mass is 10.0. The van der Waals surface area contributed by atoms with Crippen LogP contribution in [0.4, 0.5) is 5.82 Å². The average Bonchev–Trinajstić information content (AvgIpc) is 2.86. The number of aryl methyl sites for hydroxylation is 2. The summed E-state index contributed by atoms with van der Waals surface area (Å²) >= 11 is 0. The van der Waals surface area contributed by atoms with Crippen molar-refractivity contribution < 1.29 is 0 Å². The Kier molecular flexibility index (Phi) is 4.10. The second-order valence-electron chi connectivity index (χ2n) is 5.56. The predicted octanol–water partition coefficient (Wildman–Crippen LogP) is 0.990. The van der Waals surface area contributed by atoms with E-state index in [0.717, 1.165) is 49.7 Å². The molecule has 0 atom stereocenters. The molecule has 0 radical (unpaired) electrons. The summed E-state index contributed by atoms with van der Waals surface area (Å²) in [6.45, 7) is 5.00. The summed E-state index contributed by atoms with van der Waals surface area (Å²) in [5.74, 6) is 0.926. The van der Waals surface area contributed by atoms with Crippen molar-refractivity contribution in [2.75, 3.05) is 18.4 Å². The van der Waals surface area contributed by atoms with E-state index in [2.05, 4.69) is 30.4 Å². The van der Waals surface area contributed by atoms with E-state index >= 15 is 0 Å². The number of hydrogen-bond donors (Lipinski definition) is 1. The molecule has 3 heterocycles. The van der Waals surface area contributed by atoms with Crippen LogP contribution >= 0.6 is 0 Å². The Bertz CT molecular complexity index is 587. The number of piperidine rings is 1. The number of anilines is 1. The quantitative estimate of drug-likeness (QED) is 0.904.